The molecule has 0 unspecified atom stereocenters. The number of aromatic carboxylic acids is 1. The van der Waals surface area contributed by atoms with Gasteiger partial charge < -0.3 is 10.2 Å². The summed E-state index contributed by atoms with van der Waals surface area (Å²) in [6, 6.07) is 3.40. The van der Waals surface area contributed by atoms with Gasteiger partial charge in [0.1, 0.15) is 11.3 Å². The lowest BCUT2D eigenvalue weighted by Gasteiger charge is -2.07. The molecule has 0 radical (unpaired) electrons. The molecule has 1 aromatic rings. The van der Waals surface area contributed by atoms with E-state index in [0.717, 1.165) is 24.8 Å². The van der Waals surface area contributed by atoms with Crippen LogP contribution in [0, 0.1) is 6.92 Å². The van der Waals surface area contributed by atoms with Gasteiger partial charge in [0, 0.05) is 0 Å². The Morgan fingerprint density at radius 1 is 1.40 bits per heavy atom. The molecule has 3 heteroatoms. The van der Waals surface area contributed by atoms with Gasteiger partial charge in [0.15, 0.2) is 0 Å². The first-order chi connectivity index (χ1) is 7.06. The summed E-state index contributed by atoms with van der Waals surface area (Å²) >= 11 is 0. The van der Waals surface area contributed by atoms with Crippen molar-refractivity contribution in [2.45, 2.75) is 33.1 Å². The number of unbranched alkanes of at least 4 members (excludes halogenated alkanes) is 1. The lowest BCUT2D eigenvalue weighted by Crippen LogP contribution is -2.00. The molecule has 0 fully saturated rings. The van der Waals surface area contributed by atoms with Gasteiger partial charge in [-0.15, -0.1) is 0 Å². The van der Waals surface area contributed by atoms with Gasteiger partial charge in [0.25, 0.3) is 0 Å². The SMILES string of the molecule is CCCCc1cc(C)c(O)c(C(=O)O)c1. The van der Waals surface area contributed by atoms with Gasteiger partial charge in [-0.3, -0.25) is 0 Å². The Hall–Kier alpha value is -1.51. The standard InChI is InChI=1S/C12H16O3/c1-3-4-5-9-6-8(2)11(13)10(7-9)12(14)15/h6-7,13H,3-5H2,1-2H3,(H,14,15). The van der Waals surface area contributed by atoms with Crippen LogP contribution in [-0.2, 0) is 6.42 Å². The van der Waals surface area contributed by atoms with Crippen molar-refractivity contribution >= 4 is 5.97 Å². The molecule has 0 atom stereocenters. The number of aryl methyl sites for hydroxylation is 2. The summed E-state index contributed by atoms with van der Waals surface area (Å²) in [4.78, 5) is 10.8. The number of rotatable bonds is 4. The second-order valence-electron chi connectivity index (χ2n) is 3.72. The fourth-order valence-electron chi connectivity index (χ4n) is 1.54. The number of hydrogen-bond donors (Lipinski definition) is 2. The molecule has 1 aromatic carbocycles. The van der Waals surface area contributed by atoms with Crippen LogP contribution >= 0.6 is 0 Å². The average Bonchev–Trinajstić information content (AvgIpc) is 2.19. The molecule has 0 aliphatic heterocycles. The van der Waals surface area contributed by atoms with Crippen LogP contribution < -0.4 is 0 Å². The molecule has 0 aliphatic rings. The maximum absolute atomic E-state index is 10.8. The summed E-state index contributed by atoms with van der Waals surface area (Å²) in [7, 11) is 0. The minimum absolute atomic E-state index is 0.00102. The van der Waals surface area contributed by atoms with Crippen LogP contribution in [0.5, 0.6) is 5.75 Å². The van der Waals surface area contributed by atoms with Crippen LogP contribution in [0.4, 0.5) is 0 Å². The number of carboxylic acid groups (broad SMARTS) is 1. The zero-order chi connectivity index (χ0) is 11.4. The smallest absolute Gasteiger partial charge is 0.339 e. The van der Waals surface area contributed by atoms with Crippen molar-refractivity contribution in [3.05, 3.63) is 28.8 Å². The number of benzene rings is 1. The van der Waals surface area contributed by atoms with E-state index in [1.807, 2.05) is 6.07 Å². The summed E-state index contributed by atoms with van der Waals surface area (Å²) in [6.45, 7) is 3.81. The zero-order valence-corrected chi connectivity index (χ0v) is 9.08. The highest BCUT2D eigenvalue weighted by molar-refractivity contribution is 5.91. The molecule has 0 saturated heterocycles. The molecule has 0 spiro atoms. The Bertz CT molecular complexity index is 369. The summed E-state index contributed by atoms with van der Waals surface area (Å²) in [5.74, 6) is -1.20. The van der Waals surface area contributed by atoms with E-state index in [2.05, 4.69) is 6.92 Å². The minimum Gasteiger partial charge on any atom is -0.507 e. The Balaban J connectivity index is 3.06. The maximum Gasteiger partial charge on any atom is 0.339 e. The third-order valence-electron chi connectivity index (χ3n) is 2.41. The quantitative estimate of drug-likeness (QED) is 0.799. The summed E-state index contributed by atoms with van der Waals surface area (Å²) in [5, 5.41) is 18.4. The summed E-state index contributed by atoms with van der Waals surface area (Å²) < 4.78 is 0. The lowest BCUT2D eigenvalue weighted by molar-refractivity contribution is 0.0693. The van der Waals surface area contributed by atoms with Crippen molar-refractivity contribution in [2.75, 3.05) is 0 Å². The van der Waals surface area contributed by atoms with Crippen molar-refractivity contribution in [2.24, 2.45) is 0 Å². The first kappa shape index (κ1) is 11.6. The predicted octanol–water partition coefficient (Wildman–Crippen LogP) is 2.74. The molecule has 0 bridgehead atoms. The number of phenols is 1. The van der Waals surface area contributed by atoms with Gasteiger partial charge in [0.05, 0.1) is 0 Å². The minimum atomic E-state index is -1.08. The molecular formula is C12H16O3. The van der Waals surface area contributed by atoms with Crippen LogP contribution in [0.15, 0.2) is 12.1 Å². The number of aromatic hydroxyl groups is 1. The molecule has 0 saturated carbocycles. The fourth-order valence-corrected chi connectivity index (χ4v) is 1.54. The molecule has 2 N–H and O–H groups in total. The summed E-state index contributed by atoms with van der Waals surface area (Å²) in [5.41, 5.74) is 1.60. The highest BCUT2D eigenvalue weighted by atomic mass is 16.4. The zero-order valence-electron chi connectivity index (χ0n) is 9.08. The maximum atomic E-state index is 10.8. The number of hydrogen-bond acceptors (Lipinski definition) is 2. The van der Waals surface area contributed by atoms with Crippen molar-refractivity contribution in [3.63, 3.8) is 0 Å². The van der Waals surface area contributed by atoms with Crippen LogP contribution in [0.1, 0.15) is 41.3 Å². The molecule has 15 heavy (non-hydrogen) atoms. The Labute approximate surface area is 89.4 Å². The summed E-state index contributed by atoms with van der Waals surface area (Å²) in [6.07, 6.45) is 2.96. The van der Waals surface area contributed by atoms with Crippen LogP contribution in [0.2, 0.25) is 0 Å². The Kier molecular flexibility index (Phi) is 3.72. The van der Waals surface area contributed by atoms with Crippen molar-refractivity contribution in [3.8, 4) is 5.75 Å². The second-order valence-corrected chi connectivity index (χ2v) is 3.72. The second kappa shape index (κ2) is 4.82. The molecule has 0 amide bonds. The largest absolute Gasteiger partial charge is 0.507 e. The van der Waals surface area contributed by atoms with E-state index in [9.17, 15) is 9.90 Å². The van der Waals surface area contributed by atoms with E-state index >= 15 is 0 Å². The van der Waals surface area contributed by atoms with Gasteiger partial charge in [-0.25, -0.2) is 4.79 Å². The van der Waals surface area contributed by atoms with Crippen LogP contribution in [0.3, 0.4) is 0 Å². The van der Waals surface area contributed by atoms with E-state index in [1.165, 1.54) is 0 Å². The van der Waals surface area contributed by atoms with E-state index < -0.39 is 5.97 Å². The van der Waals surface area contributed by atoms with Crippen molar-refractivity contribution < 1.29 is 15.0 Å². The molecule has 82 valence electrons. The molecule has 0 heterocycles. The Morgan fingerprint density at radius 3 is 2.60 bits per heavy atom. The van der Waals surface area contributed by atoms with E-state index in [-0.39, 0.29) is 11.3 Å². The van der Waals surface area contributed by atoms with Gasteiger partial charge >= 0.3 is 5.97 Å². The third-order valence-corrected chi connectivity index (χ3v) is 2.41. The molecule has 3 nitrogen and oxygen atoms in total. The molecule has 0 aliphatic carbocycles. The third kappa shape index (κ3) is 2.72. The topological polar surface area (TPSA) is 57.5 Å². The number of carbonyl (C=O) groups is 1. The molecular weight excluding hydrogens is 192 g/mol. The van der Waals surface area contributed by atoms with E-state index in [0.29, 0.717) is 5.56 Å². The van der Waals surface area contributed by atoms with E-state index in [1.54, 1.807) is 13.0 Å². The monoisotopic (exact) mass is 208 g/mol. The lowest BCUT2D eigenvalue weighted by atomic mass is 10.0. The highest BCUT2D eigenvalue weighted by Gasteiger charge is 2.12. The van der Waals surface area contributed by atoms with Crippen LogP contribution in [0.25, 0.3) is 0 Å². The highest BCUT2D eigenvalue weighted by Crippen LogP contribution is 2.24. The number of carboxylic acids is 1. The first-order valence-corrected chi connectivity index (χ1v) is 5.12. The van der Waals surface area contributed by atoms with Crippen molar-refractivity contribution in [1.29, 1.82) is 0 Å². The molecule has 1 rings (SSSR count). The first-order valence-electron chi connectivity index (χ1n) is 5.12. The van der Waals surface area contributed by atoms with Crippen LogP contribution in [-0.4, -0.2) is 16.2 Å². The molecule has 0 aromatic heterocycles. The van der Waals surface area contributed by atoms with E-state index in [4.69, 9.17) is 5.11 Å². The van der Waals surface area contributed by atoms with Gasteiger partial charge in [0.2, 0.25) is 0 Å². The van der Waals surface area contributed by atoms with Crippen molar-refractivity contribution in [1.82, 2.24) is 0 Å². The normalized spacial score (nSPS) is 10.3. The van der Waals surface area contributed by atoms with Gasteiger partial charge in [-0.2, -0.15) is 0 Å². The predicted molar refractivity (Wildman–Crippen MR) is 58.4 cm³/mol. The fraction of sp³-hybridized carbons (Fsp3) is 0.417. The average molecular weight is 208 g/mol. The van der Waals surface area contributed by atoms with Gasteiger partial charge in [-0.05, 0) is 37.0 Å². The Morgan fingerprint density at radius 2 is 2.07 bits per heavy atom. The van der Waals surface area contributed by atoms with Gasteiger partial charge in [-0.1, -0.05) is 19.4 Å².